The summed E-state index contributed by atoms with van der Waals surface area (Å²) >= 11 is 2.34. The molecule has 1 heterocycles. The van der Waals surface area contributed by atoms with Gasteiger partial charge in [-0.05, 0) is 39.0 Å². The minimum Gasteiger partial charge on any atom is -0.379 e. The number of fused-ring (bicyclic) bond motifs is 1. The van der Waals surface area contributed by atoms with Crippen LogP contribution in [0.1, 0.15) is 19.8 Å². The normalized spacial score (nSPS) is 39.8. The number of carbonyl (C=O) groups is 1. The lowest BCUT2D eigenvalue weighted by atomic mass is 9.66. The van der Waals surface area contributed by atoms with Crippen molar-refractivity contribution in [1.82, 2.24) is 0 Å². The quantitative estimate of drug-likeness (QED) is 0.404. The SMILES string of the molecule is CCCOCCOC1CC2C(I)=CC1C(=O)[C@]21CO1. The van der Waals surface area contributed by atoms with Gasteiger partial charge in [0.2, 0.25) is 0 Å². The van der Waals surface area contributed by atoms with E-state index in [-0.39, 0.29) is 23.7 Å². The molecule has 1 spiro atoms. The van der Waals surface area contributed by atoms with Crippen molar-refractivity contribution in [2.24, 2.45) is 11.8 Å². The van der Waals surface area contributed by atoms with Crippen LogP contribution in [0.3, 0.4) is 0 Å². The molecule has 5 heteroatoms. The number of hydrogen-bond acceptors (Lipinski definition) is 4. The van der Waals surface area contributed by atoms with E-state index in [1.54, 1.807) is 0 Å². The van der Waals surface area contributed by atoms with Crippen LogP contribution in [-0.2, 0) is 19.0 Å². The van der Waals surface area contributed by atoms with Gasteiger partial charge in [-0.2, -0.15) is 0 Å². The minimum atomic E-state index is -0.478. The van der Waals surface area contributed by atoms with Gasteiger partial charge in [-0.25, -0.2) is 0 Å². The molecule has 4 aliphatic rings. The molecule has 0 amide bonds. The summed E-state index contributed by atoms with van der Waals surface area (Å²) < 4.78 is 18.0. The van der Waals surface area contributed by atoms with Gasteiger partial charge in [0.1, 0.15) is 0 Å². The molecular weight excluding hydrogens is 359 g/mol. The van der Waals surface area contributed by atoms with Crippen LogP contribution in [0.5, 0.6) is 0 Å². The Morgan fingerprint density at radius 1 is 1.47 bits per heavy atom. The van der Waals surface area contributed by atoms with Crippen molar-refractivity contribution in [3.05, 3.63) is 9.66 Å². The van der Waals surface area contributed by atoms with E-state index in [1.165, 1.54) is 3.58 Å². The van der Waals surface area contributed by atoms with Crippen molar-refractivity contribution in [2.75, 3.05) is 26.4 Å². The van der Waals surface area contributed by atoms with Gasteiger partial charge in [-0.15, -0.1) is 0 Å². The Morgan fingerprint density at radius 2 is 2.26 bits per heavy atom. The van der Waals surface area contributed by atoms with E-state index in [0.717, 1.165) is 19.4 Å². The second-order valence-electron chi connectivity index (χ2n) is 5.43. The van der Waals surface area contributed by atoms with Gasteiger partial charge in [0.25, 0.3) is 0 Å². The van der Waals surface area contributed by atoms with Gasteiger partial charge >= 0.3 is 0 Å². The Hall–Kier alpha value is 0.0200. The molecule has 0 radical (unpaired) electrons. The summed E-state index contributed by atoms with van der Waals surface area (Å²) in [7, 11) is 0. The largest absolute Gasteiger partial charge is 0.379 e. The second kappa shape index (κ2) is 5.42. The molecule has 2 fully saturated rings. The van der Waals surface area contributed by atoms with Crippen molar-refractivity contribution in [1.29, 1.82) is 0 Å². The van der Waals surface area contributed by atoms with Crippen molar-refractivity contribution in [3.8, 4) is 0 Å². The smallest absolute Gasteiger partial charge is 0.177 e. The van der Waals surface area contributed by atoms with E-state index in [4.69, 9.17) is 14.2 Å². The highest BCUT2D eigenvalue weighted by atomic mass is 127. The standard InChI is InChI=1S/C14H19IO4/c1-2-3-17-4-5-18-12-7-10-11(15)6-9(12)13(16)14(10)8-19-14/h6,9-10,12H,2-5,7-8H2,1H3/t9?,10?,12?,14-/m0/s1. The zero-order valence-electron chi connectivity index (χ0n) is 11.1. The Bertz CT molecular complexity index is 402. The molecule has 4 rings (SSSR count). The summed E-state index contributed by atoms with van der Waals surface area (Å²) in [5.74, 6) is 0.321. The Kier molecular flexibility index (Phi) is 3.99. The topological polar surface area (TPSA) is 48.1 Å². The maximum Gasteiger partial charge on any atom is 0.177 e. The Morgan fingerprint density at radius 3 is 2.95 bits per heavy atom. The number of epoxide rings is 1. The van der Waals surface area contributed by atoms with Crippen LogP contribution in [0.2, 0.25) is 0 Å². The Labute approximate surface area is 127 Å². The fourth-order valence-corrected chi connectivity index (χ4v) is 4.24. The molecule has 4 nitrogen and oxygen atoms in total. The number of hydrogen-bond donors (Lipinski definition) is 0. The highest BCUT2D eigenvalue weighted by Gasteiger charge is 2.66. The monoisotopic (exact) mass is 378 g/mol. The summed E-state index contributed by atoms with van der Waals surface area (Å²) in [6.07, 6.45) is 4.00. The van der Waals surface area contributed by atoms with Crippen LogP contribution in [-0.4, -0.2) is 43.9 Å². The van der Waals surface area contributed by atoms with Gasteiger partial charge in [0.05, 0.1) is 31.8 Å². The maximum absolute atomic E-state index is 12.4. The van der Waals surface area contributed by atoms with Crippen LogP contribution < -0.4 is 0 Å². The number of Topliss-reactive ketones (excluding diaryl/α,β-unsaturated/α-hetero) is 1. The summed E-state index contributed by atoms with van der Waals surface area (Å²) in [5.41, 5.74) is -0.478. The van der Waals surface area contributed by atoms with Gasteiger partial charge in [-0.3, -0.25) is 4.79 Å². The number of rotatable bonds is 6. The fraction of sp³-hybridized carbons (Fsp3) is 0.786. The zero-order valence-corrected chi connectivity index (χ0v) is 13.2. The van der Waals surface area contributed by atoms with Crippen LogP contribution in [0, 0.1) is 11.8 Å². The summed E-state index contributed by atoms with van der Waals surface area (Å²) in [6.45, 7) is 4.63. The van der Waals surface area contributed by atoms with Crippen molar-refractivity contribution >= 4 is 28.4 Å². The van der Waals surface area contributed by atoms with Crippen LogP contribution >= 0.6 is 22.6 Å². The fourth-order valence-electron chi connectivity index (χ4n) is 3.10. The molecule has 106 valence electrons. The molecule has 0 N–H and O–H groups in total. The number of halogens is 1. The van der Waals surface area contributed by atoms with Crippen LogP contribution in [0.15, 0.2) is 9.66 Å². The number of ketones is 1. The first-order valence-corrected chi connectivity index (χ1v) is 8.01. The van der Waals surface area contributed by atoms with Crippen molar-refractivity contribution in [2.45, 2.75) is 31.5 Å². The van der Waals surface area contributed by atoms with Gasteiger partial charge < -0.3 is 14.2 Å². The lowest BCUT2D eigenvalue weighted by Crippen LogP contribution is -2.53. The predicted octanol–water partition coefficient (Wildman–Crippen LogP) is 2.10. The first-order chi connectivity index (χ1) is 9.19. The highest BCUT2D eigenvalue weighted by Crippen LogP contribution is 2.55. The third-order valence-corrected chi connectivity index (χ3v) is 5.30. The van der Waals surface area contributed by atoms with Crippen molar-refractivity contribution < 1.29 is 19.0 Å². The lowest BCUT2D eigenvalue weighted by Gasteiger charge is -2.42. The summed E-state index contributed by atoms with van der Waals surface area (Å²) in [4.78, 5) is 12.4. The molecule has 0 aromatic carbocycles. The van der Waals surface area contributed by atoms with Gasteiger partial charge in [0, 0.05) is 12.5 Å². The maximum atomic E-state index is 12.4. The minimum absolute atomic E-state index is 0.0102. The van der Waals surface area contributed by atoms with Crippen LogP contribution in [0.25, 0.3) is 0 Å². The third-order valence-electron chi connectivity index (χ3n) is 4.19. The molecule has 1 saturated heterocycles. The molecule has 3 aliphatic carbocycles. The highest BCUT2D eigenvalue weighted by molar-refractivity contribution is 14.1. The third kappa shape index (κ3) is 2.39. The first-order valence-electron chi connectivity index (χ1n) is 6.94. The Balaban J connectivity index is 1.57. The molecule has 2 bridgehead atoms. The molecule has 1 aliphatic heterocycles. The van der Waals surface area contributed by atoms with E-state index in [1.807, 2.05) is 0 Å². The molecular formula is C14H19IO4. The lowest BCUT2D eigenvalue weighted by molar-refractivity contribution is -0.141. The average Bonchev–Trinajstić information content (AvgIpc) is 3.18. The van der Waals surface area contributed by atoms with E-state index in [9.17, 15) is 4.79 Å². The van der Waals surface area contributed by atoms with E-state index < -0.39 is 5.60 Å². The molecule has 4 atom stereocenters. The molecule has 0 aromatic heterocycles. The average molecular weight is 378 g/mol. The van der Waals surface area contributed by atoms with Crippen LogP contribution in [0.4, 0.5) is 0 Å². The van der Waals surface area contributed by atoms with Crippen molar-refractivity contribution in [3.63, 3.8) is 0 Å². The number of ether oxygens (including phenoxy) is 3. The summed E-state index contributed by atoms with van der Waals surface area (Å²) in [6, 6.07) is 0. The zero-order chi connectivity index (χ0) is 13.5. The molecule has 1 saturated carbocycles. The van der Waals surface area contributed by atoms with Gasteiger partial charge in [-0.1, -0.05) is 13.0 Å². The first kappa shape index (κ1) is 14.0. The summed E-state index contributed by atoms with van der Waals surface area (Å²) in [5, 5.41) is 0. The van der Waals surface area contributed by atoms with E-state index >= 15 is 0 Å². The second-order valence-corrected chi connectivity index (χ2v) is 6.68. The molecule has 19 heavy (non-hydrogen) atoms. The number of carbonyl (C=O) groups excluding carboxylic acids is 1. The van der Waals surface area contributed by atoms with Gasteiger partial charge in [0.15, 0.2) is 11.4 Å². The molecule has 0 aromatic rings. The molecule has 3 unspecified atom stereocenters. The van der Waals surface area contributed by atoms with E-state index in [2.05, 4.69) is 35.6 Å². The van der Waals surface area contributed by atoms with E-state index in [0.29, 0.717) is 19.8 Å². The predicted molar refractivity (Wildman–Crippen MR) is 78.2 cm³/mol.